The first-order valence-electron chi connectivity index (χ1n) is 9.38. The number of nitrogens with one attached hydrogen (secondary N) is 1. The summed E-state index contributed by atoms with van der Waals surface area (Å²) >= 11 is 0. The zero-order valence-electron chi connectivity index (χ0n) is 16.2. The fourth-order valence-corrected chi connectivity index (χ4v) is 5.28. The lowest BCUT2D eigenvalue weighted by Crippen LogP contribution is -2.42. The molecule has 1 fully saturated rings. The molecule has 0 saturated carbocycles. The average molecular weight is 382 g/mol. The van der Waals surface area contributed by atoms with Crippen LogP contribution < -0.4 is 5.32 Å². The first-order valence-corrected chi connectivity index (χ1v) is 10.8. The maximum absolute atomic E-state index is 12.6. The van der Waals surface area contributed by atoms with Gasteiger partial charge in [-0.05, 0) is 36.5 Å². The molecular weight excluding hydrogens is 350 g/mol. The average Bonchev–Trinajstić information content (AvgIpc) is 2.54. The second-order valence-corrected chi connectivity index (χ2v) is 9.24. The van der Waals surface area contributed by atoms with Gasteiger partial charge in [0.2, 0.25) is 15.9 Å². The van der Waals surface area contributed by atoms with Crippen LogP contribution in [0, 0.1) is 11.8 Å². The Morgan fingerprint density at radius 1 is 1.19 bits per heavy atom. The highest BCUT2D eigenvalue weighted by atomic mass is 32.2. The smallest absolute Gasteiger partial charge is 0.243 e. The fourth-order valence-electron chi connectivity index (χ4n) is 3.77. The van der Waals surface area contributed by atoms with Crippen LogP contribution in [0.4, 0.5) is 5.69 Å². The lowest BCUT2D eigenvalue weighted by Gasteiger charge is -2.34. The number of benzene rings is 1. The van der Waals surface area contributed by atoms with Gasteiger partial charge in [-0.1, -0.05) is 33.8 Å². The Hall–Kier alpha value is -1.44. The molecule has 0 aromatic heterocycles. The van der Waals surface area contributed by atoms with E-state index in [-0.39, 0.29) is 10.8 Å². The summed E-state index contributed by atoms with van der Waals surface area (Å²) in [6.45, 7) is 11.1. The number of rotatable bonds is 7. The summed E-state index contributed by atoms with van der Waals surface area (Å²) in [5.41, 5.74) is 0.515. The molecule has 1 aromatic carbocycles. The molecule has 1 aliphatic rings. The van der Waals surface area contributed by atoms with E-state index in [0.717, 1.165) is 13.1 Å². The summed E-state index contributed by atoms with van der Waals surface area (Å²) in [4.78, 5) is 14.8. The van der Waals surface area contributed by atoms with Gasteiger partial charge in [-0.25, -0.2) is 8.42 Å². The van der Waals surface area contributed by atoms with E-state index in [2.05, 4.69) is 24.1 Å². The molecule has 0 radical (unpaired) electrons. The monoisotopic (exact) mass is 381 g/mol. The van der Waals surface area contributed by atoms with Crippen LogP contribution in [0.25, 0.3) is 0 Å². The van der Waals surface area contributed by atoms with Crippen molar-refractivity contribution in [1.29, 1.82) is 0 Å². The molecule has 1 N–H and O–H groups in total. The lowest BCUT2D eigenvalue weighted by molar-refractivity contribution is -0.117. The Balaban J connectivity index is 2.05. The molecule has 0 unspecified atom stereocenters. The van der Waals surface area contributed by atoms with Crippen LogP contribution in [0.15, 0.2) is 29.2 Å². The third-order valence-corrected chi connectivity index (χ3v) is 6.82. The molecule has 1 amide bonds. The second kappa shape index (κ2) is 8.97. The van der Waals surface area contributed by atoms with Crippen molar-refractivity contribution in [3.8, 4) is 0 Å². The molecule has 6 nitrogen and oxygen atoms in total. The number of carbonyl (C=O) groups is 1. The van der Waals surface area contributed by atoms with Crippen LogP contribution in [0.5, 0.6) is 0 Å². The third kappa shape index (κ3) is 5.28. The molecule has 26 heavy (non-hydrogen) atoms. The van der Waals surface area contributed by atoms with E-state index >= 15 is 0 Å². The van der Waals surface area contributed by atoms with Gasteiger partial charge in [0.15, 0.2) is 0 Å². The van der Waals surface area contributed by atoms with Crippen LogP contribution in [0.3, 0.4) is 0 Å². The molecular formula is C19H31N3O3S. The molecule has 2 rings (SSSR count). The van der Waals surface area contributed by atoms with E-state index in [1.54, 1.807) is 18.2 Å². The van der Waals surface area contributed by atoms with Crippen LogP contribution >= 0.6 is 0 Å². The van der Waals surface area contributed by atoms with Crippen molar-refractivity contribution in [2.75, 3.05) is 38.0 Å². The molecule has 2 atom stereocenters. The van der Waals surface area contributed by atoms with E-state index in [4.69, 9.17) is 0 Å². The number of piperidine rings is 1. The van der Waals surface area contributed by atoms with Gasteiger partial charge in [0.05, 0.1) is 11.4 Å². The van der Waals surface area contributed by atoms with Crippen molar-refractivity contribution in [1.82, 2.24) is 9.21 Å². The summed E-state index contributed by atoms with van der Waals surface area (Å²) in [5, 5.41) is 2.84. The van der Waals surface area contributed by atoms with Gasteiger partial charge in [0, 0.05) is 31.9 Å². The number of carbonyl (C=O) groups excluding carboxylic acids is 1. The molecule has 1 aromatic rings. The Kier molecular flexibility index (Phi) is 7.20. The molecule has 1 saturated heterocycles. The standard InChI is InChI=1S/C19H31N3O3S/c1-5-22(6-2)26(24,25)18-9-7-8-17(11-18)20-19(23)14-21-12-15(3)10-16(4)13-21/h7-9,11,15-16H,5-6,10,12-14H2,1-4H3,(H,20,23)/t15-,16-/m1/s1. The molecule has 7 heteroatoms. The number of hydrogen-bond acceptors (Lipinski definition) is 4. The minimum absolute atomic E-state index is 0.108. The van der Waals surface area contributed by atoms with Crippen LogP contribution in [-0.2, 0) is 14.8 Å². The fraction of sp³-hybridized carbons (Fsp3) is 0.632. The summed E-state index contributed by atoms with van der Waals surface area (Å²) in [7, 11) is -3.53. The highest BCUT2D eigenvalue weighted by molar-refractivity contribution is 7.89. The van der Waals surface area contributed by atoms with Gasteiger partial charge in [-0.2, -0.15) is 4.31 Å². The first kappa shape index (κ1) is 20.9. The highest BCUT2D eigenvalue weighted by Crippen LogP contribution is 2.22. The van der Waals surface area contributed by atoms with E-state index in [0.29, 0.717) is 37.2 Å². The maximum atomic E-state index is 12.6. The first-order chi connectivity index (χ1) is 12.3. The predicted molar refractivity (Wildman–Crippen MR) is 105 cm³/mol. The van der Waals surface area contributed by atoms with Gasteiger partial charge < -0.3 is 5.32 Å². The number of sulfonamides is 1. The van der Waals surface area contributed by atoms with E-state index in [1.807, 2.05) is 13.8 Å². The number of hydrogen-bond donors (Lipinski definition) is 1. The van der Waals surface area contributed by atoms with Crippen LogP contribution in [-0.4, -0.2) is 56.3 Å². The quantitative estimate of drug-likeness (QED) is 0.788. The van der Waals surface area contributed by atoms with Crippen molar-refractivity contribution < 1.29 is 13.2 Å². The zero-order valence-corrected chi connectivity index (χ0v) is 17.1. The van der Waals surface area contributed by atoms with Crippen molar-refractivity contribution in [2.24, 2.45) is 11.8 Å². The topological polar surface area (TPSA) is 69.7 Å². The van der Waals surface area contributed by atoms with Crippen LogP contribution in [0.1, 0.15) is 34.1 Å². The highest BCUT2D eigenvalue weighted by Gasteiger charge is 2.24. The predicted octanol–water partition coefficient (Wildman–Crippen LogP) is 2.63. The van der Waals surface area contributed by atoms with Crippen molar-refractivity contribution in [2.45, 2.75) is 39.0 Å². The molecule has 0 bridgehead atoms. The Morgan fingerprint density at radius 2 is 1.81 bits per heavy atom. The number of nitrogens with zero attached hydrogens (tertiary/aromatic N) is 2. The number of anilines is 1. The Bertz CT molecular complexity index is 706. The number of amides is 1. The second-order valence-electron chi connectivity index (χ2n) is 7.31. The molecule has 1 heterocycles. The Morgan fingerprint density at radius 3 is 2.38 bits per heavy atom. The van der Waals surface area contributed by atoms with Gasteiger partial charge >= 0.3 is 0 Å². The largest absolute Gasteiger partial charge is 0.325 e. The SMILES string of the molecule is CCN(CC)S(=O)(=O)c1cccc(NC(=O)CN2C[C@H](C)C[C@@H](C)C2)c1. The zero-order chi connectivity index (χ0) is 19.3. The molecule has 1 aliphatic heterocycles. The summed E-state index contributed by atoms with van der Waals surface area (Å²) in [6, 6.07) is 6.49. The maximum Gasteiger partial charge on any atom is 0.243 e. The molecule has 0 spiro atoms. The normalized spacial score (nSPS) is 21.7. The lowest BCUT2D eigenvalue weighted by atomic mass is 9.92. The van der Waals surface area contributed by atoms with Gasteiger partial charge in [0.25, 0.3) is 0 Å². The number of likely N-dealkylation sites (tertiary alicyclic amines) is 1. The van der Waals surface area contributed by atoms with Crippen molar-refractivity contribution >= 4 is 21.6 Å². The van der Waals surface area contributed by atoms with Crippen molar-refractivity contribution in [3.05, 3.63) is 24.3 Å². The summed E-state index contributed by atoms with van der Waals surface area (Å²) in [5.74, 6) is 1.08. The van der Waals surface area contributed by atoms with E-state index in [1.165, 1.54) is 16.8 Å². The van der Waals surface area contributed by atoms with E-state index in [9.17, 15) is 13.2 Å². The van der Waals surface area contributed by atoms with E-state index < -0.39 is 10.0 Å². The summed E-state index contributed by atoms with van der Waals surface area (Å²) < 4.78 is 26.7. The molecule has 0 aliphatic carbocycles. The van der Waals surface area contributed by atoms with Gasteiger partial charge in [-0.3, -0.25) is 9.69 Å². The van der Waals surface area contributed by atoms with Crippen molar-refractivity contribution in [3.63, 3.8) is 0 Å². The van der Waals surface area contributed by atoms with Gasteiger partial charge in [0.1, 0.15) is 0 Å². The van der Waals surface area contributed by atoms with Crippen LogP contribution in [0.2, 0.25) is 0 Å². The summed E-state index contributed by atoms with van der Waals surface area (Å²) in [6.07, 6.45) is 1.20. The molecule has 146 valence electrons. The minimum atomic E-state index is -3.53. The minimum Gasteiger partial charge on any atom is -0.325 e. The van der Waals surface area contributed by atoms with Gasteiger partial charge in [-0.15, -0.1) is 0 Å². The Labute approximate surface area is 157 Å². The third-order valence-electron chi connectivity index (χ3n) is 4.77.